The van der Waals surface area contributed by atoms with Gasteiger partial charge in [0.25, 0.3) is 15.9 Å². The Kier molecular flexibility index (Phi) is 11.6. The number of allylic oxidation sites excluding steroid dienone is 1. The molecule has 1 amide bonds. The number of sulfonamides is 1. The third kappa shape index (κ3) is 9.48. The number of nitrogens with one attached hydrogen (secondary N) is 3. The van der Waals surface area contributed by atoms with E-state index in [1.807, 2.05) is 55.5 Å². The van der Waals surface area contributed by atoms with Gasteiger partial charge in [-0.05, 0) is 129 Å². The predicted octanol–water partition coefficient (Wildman–Crippen LogP) is 9.26. The normalized spacial score (nSPS) is 19.3. The molecule has 4 aromatic carbocycles. The molecular formula is C48H56ClN7O4S. The first-order chi connectivity index (χ1) is 29.4. The van der Waals surface area contributed by atoms with Crippen LogP contribution in [0.2, 0.25) is 5.02 Å². The van der Waals surface area contributed by atoms with E-state index in [9.17, 15) is 13.2 Å². The molecule has 0 unspecified atom stereocenters. The van der Waals surface area contributed by atoms with E-state index in [0.29, 0.717) is 11.8 Å². The van der Waals surface area contributed by atoms with Crippen LogP contribution in [-0.4, -0.2) is 92.2 Å². The highest BCUT2D eigenvalue weighted by molar-refractivity contribution is 7.90. The number of nitrogens with zero attached hydrogens (tertiary/aromatic N) is 4. The van der Waals surface area contributed by atoms with Gasteiger partial charge in [-0.15, -0.1) is 0 Å². The quantitative estimate of drug-likeness (QED) is 0.113. The van der Waals surface area contributed by atoms with Gasteiger partial charge in [-0.3, -0.25) is 14.8 Å². The van der Waals surface area contributed by atoms with Crippen LogP contribution in [0.1, 0.15) is 80.3 Å². The number of halogens is 1. The molecule has 2 aliphatic carbocycles. The van der Waals surface area contributed by atoms with Crippen LogP contribution in [0.15, 0.2) is 95.5 Å². The number of rotatable bonds is 12. The molecule has 3 N–H and O–H groups in total. The van der Waals surface area contributed by atoms with E-state index in [2.05, 4.69) is 60.9 Å². The number of ether oxygens (including phenoxy) is 1. The van der Waals surface area contributed by atoms with Gasteiger partial charge >= 0.3 is 0 Å². The van der Waals surface area contributed by atoms with Crippen molar-refractivity contribution in [2.75, 3.05) is 56.0 Å². The van der Waals surface area contributed by atoms with Crippen molar-refractivity contribution in [3.8, 4) is 11.5 Å². The summed E-state index contributed by atoms with van der Waals surface area (Å²) < 4.78 is 36.4. The molecule has 2 saturated heterocycles. The van der Waals surface area contributed by atoms with Gasteiger partial charge in [-0.2, -0.15) is 5.10 Å². The van der Waals surface area contributed by atoms with Crippen LogP contribution in [0.5, 0.6) is 11.5 Å². The molecule has 5 aromatic rings. The third-order valence-corrected chi connectivity index (χ3v) is 14.7. The Balaban J connectivity index is 0.909. The van der Waals surface area contributed by atoms with Gasteiger partial charge in [-0.25, -0.2) is 13.1 Å². The molecule has 3 fully saturated rings. The lowest BCUT2D eigenvalue weighted by Crippen LogP contribution is -2.47. The van der Waals surface area contributed by atoms with Crippen molar-refractivity contribution >= 4 is 55.4 Å². The summed E-state index contributed by atoms with van der Waals surface area (Å²) in [5.74, 6) is -0.0108. The number of anilines is 2. The number of benzene rings is 4. The highest BCUT2D eigenvalue weighted by Gasteiger charge is 2.33. The van der Waals surface area contributed by atoms with Crippen molar-refractivity contribution in [2.45, 2.75) is 82.7 Å². The number of carbonyl (C=O) groups excluding carboxylic acids is 1. The van der Waals surface area contributed by atoms with E-state index < -0.39 is 15.9 Å². The van der Waals surface area contributed by atoms with Crippen molar-refractivity contribution in [1.29, 1.82) is 0 Å². The van der Waals surface area contributed by atoms with E-state index >= 15 is 0 Å². The summed E-state index contributed by atoms with van der Waals surface area (Å²) >= 11 is 6.26. The summed E-state index contributed by atoms with van der Waals surface area (Å²) in [5.41, 5.74) is 7.97. The molecule has 320 valence electrons. The number of hydrogen-bond acceptors (Lipinski definition) is 9. The standard InChI is InChI=1S/C48H56ClN7O4S/c1-32-27-39(14-16-43(32)51-36-18-21-55(22-19-36)37-11-12-37)61(58,59)53-47(57)40-15-13-38(28-46(40)60-45-6-4-5-44-42(45)30-50-52-44)56-25-23-54(24-26-56)31-34-17-20-48(2,3)29-41(34)33-7-9-35(49)10-8-33/h4-10,13-16,27-28,30,36-37,51H,11-12,17-26,29,31H2,1-3H3,(H,50,52)(H,53,57). The molecule has 1 aromatic heterocycles. The van der Waals surface area contributed by atoms with Crippen LogP contribution in [0.25, 0.3) is 16.5 Å². The lowest BCUT2D eigenvalue weighted by molar-refractivity contribution is 0.0979. The van der Waals surface area contributed by atoms with Crippen LogP contribution >= 0.6 is 11.6 Å². The molecule has 3 heterocycles. The number of H-pyrrole nitrogens is 1. The molecule has 11 nitrogen and oxygen atoms in total. The van der Waals surface area contributed by atoms with Crippen molar-refractivity contribution < 1.29 is 17.9 Å². The minimum atomic E-state index is -4.21. The maximum Gasteiger partial charge on any atom is 0.268 e. The van der Waals surface area contributed by atoms with Gasteiger partial charge in [0.05, 0.1) is 27.6 Å². The Labute approximate surface area is 364 Å². The number of piperidine rings is 1. The summed E-state index contributed by atoms with van der Waals surface area (Å²) in [6.45, 7) is 13.0. The molecular weight excluding hydrogens is 806 g/mol. The van der Waals surface area contributed by atoms with E-state index in [0.717, 1.165) is 110 Å². The molecule has 13 heteroatoms. The second-order valence-electron chi connectivity index (χ2n) is 18.2. The Morgan fingerprint density at radius 2 is 1.69 bits per heavy atom. The molecule has 1 saturated carbocycles. The fourth-order valence-electron chi connectivity index (χ4n) is 9.30. The number of likely N-dealkylation sites (tertiary alicyclic amines) is 1. The second kappa shape index (κ2) is 17.1. The lowest BCUT2D eigenvalue weighted by atomic mass is 9.72. The number of aromatic nitrogens is 2. The van der Waals surface area contributed by atoms with Gasteiger partial charge in [0.15, 0.2) is 0 Å². The molecule has 0 radical (unpaired) electrons. The van der Waals surface area contributed by atoms with Gasteiger partial charge in [0.2, 0.25) is 0 Å². The largest absolute Gasteiger partial charge is 0.456 e. The van der Waals surface area contributed by atoms with Gasteiger partial charge in [-0.1, -0.05) is 49.2 Å². The van der Waals surface area contributed by atoms with Gasteiger partial charge in [0, 0.05) is 80.4 Å². The number of aromatic amines is 1. The number of fused-ring (bicyclic) bond motifs is 1. The number of amides is 1. The zero-order valence-electron chi connectivity index (χ0n) is 35.3. The zero-order chi connectivity index (χ0) is 42.3. The molecule has 9 rings (SSSR count). The van der Waals surface area contributed by atoms with Crippen molar-refractivity contribution in [1.82, 2.24) is 24.7 Å². The topological polar surface area (TPSA) is 123 Å². The third-order valence-electron chi connectivity index (χ3n) is 13.1. The zero-order valence-corrected chi connectivity index (χ0v) is 36.9. The SMILES string of the molecule is Cc1cc(S(=O)(=O)NC(=O)c2ccc(N3CCN(CC4=C(c5ccc(Cl)cc5)CC(C)(C)CC4)CC3)cc2Oc2cccc3[nH]ncc23)ccc1NC1CCN(C2CC2)CC1. The molecule has 2 aliphatic heterocycles. The Bertz CT molecular complexity index is 2550. The predicted molar refractivity (Wildman–Crippen MR) is 244 cm³/mol. The van der Waals surface area contributed by atoms with Gasteiger partial charge < -0.3 is 19.9 Å². The molecule has 61 heavy (non-hydrogen) atoms. The Hall–Kier alpha value is -4.88. The maximum atomic E-state index is 14.0. The fourth-order valence-corrected chi connectivity index (χ4v) is 10.5. The van der Waals surface area contributed by atoms with Crippen molar-refractivity contribution in [3.05, 3.63) is 112 Å². The fraction of sp³-hybridized carbons (Fsp3) is 0.417. The average Bonchev–Trinajstić information content (AvgIpc) is 3.98. The lowest BCUT2D eigenvalue weighted by Gasteiger charge is -2.39. The minimum absolute atomic E-state index is 0.0283. The van der Waals surface area contributed by atoms with Crippen LogP contribution in [0, 0.1) is 12.3 Å². The van der Waals surface area contributed by atoms with Crippen molar-refractivity contribution in [2.24, 2.45) is 5.41 Å². The molecule has 4 aliphatic rings. The first kappa shape index (κ1) is 41.5. The summed E-state index contributed by atoms with van der Waals surface area (Å²) in [6.07, 6.45) is 9.72. The monoisotopic (exact) mass is 861 g/mol. The number of piperazine rings is 1. The van der Waals surface area contributed by atoms with E-state index in [1.54, 1.807) is 24.4 Å². The van der Waals surface area contributed by atoms with Gasteiger partial charge in [0.1, 0.15) is 11.5 Å². The summed E-state index contributed by atoms with van der Waals surface area (Å²) in [5, 5.41) is 12.3. The van der Waals surface area contributed by atoms with Crippen LogP contribution < -0.4 is 19.7 Å². The van der Waals surface area contributed by atoms with Crippen LogP contribution in [0.4, 0.5) is 11.4 Å². The van der Waals surface area contributed by atoms with Crippen LogP contribution in [0.3, 0.4) is 0 Å². The summed E-state index contributed by atoms with van der Waals surface area (Å²) in [7, 11) is -4.21. The van der Waals surface area contributed by atoms with Crippen LogP contribution in [-0.2, 0) is 10.0 Å². The van der Waals surface area contributed by atoms with Crippen molar-refractivity contribution in [3.63, 3.8) is 0 Å². The molecule has 0 atom stereocenters. The molecule has 0 spiro atoms. The number of aryl methyl sites for hydroxylation is 1. The van der Waals surface area contributed by atoms with E-state index in [-0.39, 0.29) is 21.6 Å². The van der Waals surface area contributed by atoms with E-state index in [1.165, 1.54) is 36.0 Å². The summed E-state index contributed by atoms with van der Waals surface area (Å²) in [4.78, 5) is 21.5. The minimum Gasteiger partial charge on any atom is -0.456 e. The first-order valence-corrected chi connectivity index (χ1v) is 23.6. The molecule has 0 bridgehead atoms. The number of hydrogen-bond donors (Lipinski definition) is 3. The first-order valence-electron chi connectivity index (χ1n) is 21.7. The average molecular weight is 863 g/mol. The highest BCUT2D eigenvalue weighted by Crippen LogP contribution is 2.44. The van der Waals surface area contributed by atoms with E-state index in [4.69, 9.17) is 16.3 Å². The second-order valence-corrected chi connectivity index (χ2v) is 20.3. The smallest absolute Gasteiger partial charge is 0.268 e. The number of carbonyl (C=O) groups is 1. The highest BCUT2D eigenvalue weighted by atomic mass is 35.5. The Morgan fingerprint density at radius 1 is 0.918 bits per heavy atom. The Morgan fingerprint density at radius 3 is 2.43 bits per heavy atom. The maximum absolute atomic E-state index is 14.0. The summed E-state index contributed by atoms with van der Waals surface area (Å²) in [6, 6.07) is 25.3.